The van der Waals surface area contributed by atoms with E-state index in [1.165, 1.54) is 98.0 Å². The van der Waals surface area contributed by atoms with Gasteiger partial charge in [-0.1, -0.05) is 252 Å². The summed E-state index contributed by atoms with van der Waals surface area (Å²) in [6, 6.07) is 87.0. The van der Waals surface area contributed by atoms with Crippen LogP contribution >= 0.6 is 11.3 Å². The third kappa shape index (κ3) is 11.0. The van der Waals surface area contributed by atoms with Crippen LogP contribution in [0.2, 0.25) is 0 Å². The van der Waals surface area contributed by atoms with E-state index in [0.29, 0.717) is 0 Å². The first-order valence-corrected chi connectivity index (χ1v) is 34.7. The van der Waals surface area contributed by atoms with Crippen molar-refractivity contribution in [3.63, 3.8) is 0 Å². The molecule has 0 fully saturated rings. The average molecular weight is 1250 g/mol. The Morgan fingerprint density at radius 3 is 1.27 bits per heavy atom. The lowest BCUT2D eigenvalue weighted by Crippen LogP contribution is -2.60. The van der Waals surface area contributed by atoms with Crippen molar-refractivity contribution < 1.29 is 0 Å². The number of nitrogens with zero attached hydrogens (tertiary/aromatic N) is 4. The van der Waals surface area contributed by atoms with E-state index in [0.717, 1.165) is 51.3 Å². The zero-order chi connectivity index (χ0) is 66.3. The van der Waals surface area contributed by atoms with Gasteiger partial charge in [-0.25, -0.2) is 0 Å². The van der Waals surface area contributed by atoms with E-state index >= 15 is 0 Å². The SMILES string of the molecule is CC(C)(C)c1ccc(N(c2ccc(C(C)(C)C)cc2)c2cc3c4c(c2)N(c2ccc(C(C)(C)C)cc2)c2c(c5cc(C(C)(C)C)ccc5n2-c2ccc(C(C)(C)C)cc2-c2ccccc2)B4c2sc4ccc(-c5ccccc5)cc4c2N3c2ccc(C(C)(C)C)cc2)cc1. The van der Waals surface area contributed by atoms with Crippen molar-refractivity contribution in [3.05, 3.63) is 258 Å². The van der Waals surface area contributed by atoms with Gasteiger partial charge in [0, 0.05) is 54.6 Å². The molecule has 0 N–H and O–H groups in total. The van der Waals surface area contributed by atoms with Crippen LogP contribution in [0, 0.1) is 0 Å². The van der Waals surface area contributed by atoms with E-state index in [1.807, 2.05) is 11.3 Å². The Balaban J connectivity index is 1.20. The molecule has 472 valence electrons. The highest BCUT2D eigenvalue weighted by atomic mass is 32.1. The third-order valence-electron chi connectivity index (χ3n) is 19.9. The van der Waals surface area contributed by atoms with E-state index in [2.05, 4.69) is 368 Å². The van der Waals surface area contributed by atoms with E-state index in [-0.39, 0.29) is 39.2 Å². The lowest BCUT2D eigenvalue weighted by Gasteiger charge is -2.44. The molecule has 0 aliphatic carbocycles. The summed E-state index contributed by atoms with van der Waals surface area (Å²) in [5.74, 6) is 1.15. The Morgan fingerprint density at radius 1 is 0.330 bits per heavy atom. The highest BCUT2D eigenvalue weighted by Crippen LogP contribution is 2.54. The predicted molar refractivity (Wildman–Crippen MR) is 410 cm³/mol. The molecule has 2 aliphatic heterocycles. The summed E-state index contributed by atoms with van der Waals surface area (Å²) in [7, 11) is 0. The molecule has 0 radical (unpaired) electrons. The Bertz CT molecular complexity index is 4800. The molecule has 12 aromatic rings. The Labute approximate surface area is 564 Å². The molecule has 0 spiro atoms. The van der Waals surface area contributed by atoms with E-state index in [4.69, 9.17) is 0 Å². The molecular formula is C88H91BN4S. The second-order valence-electron chi connectivity index (χ2n) is 32.8. The van der Waals surface area contributed by atoms with Gasteiger partial charge >= 0.3 is 0 Å². The second kappa shape index (κ2) is 22.4. The summed E-state index contributed by atoms with van der Waals surface area (Å²) in [4.78, 5) is 7.88. The fourth-order valence-corrected chi connectivity index (χ4v) is 15.7. The maximum absolute atomic E-state index is 2.68. The molecule has 6 heteroatoms. The van der Waals surface area contributed by atoms with Crippen LogP contribution in [0.1, 0.15) is 158 Å². The van der Waals surface area contributed by atoms with Gasteiger partial charge < -0.3 is 9.80 Å². The molecule has 14 rings (SSSR count). The van der Waals surface area contributed by atoms with Crippen LogP contribution in [-0.4, -0.2) is 11.3 Å². The van der Waals surface area contributed by atoms with Crippen molar-refractivity contribution >= 4 is 106 Å². The molecule has 94 heavy (non-hydrogen) atoms. The van der Waals surface area contributed by atoms with Gasteiger partial charge in [-0.2, -0.15) is 0 Å². The number of thiophene rings is 1. The molecule has 0 atom stereocenters. The number of fused-ring (bicyclic) bond motifs is 8. The summed E-state index contributed by atoms with van der Waals surface area (Å²) < 4.78 is 5.27. The quantitative estimate of drug-likeness (QED) is 0.141. The molecule has 0 unspecified atom stereocenters. The summed E-state index contributed by atoms with van der Waals surface area (Å²) in [6.07, 6.45) is 0. The summed E-state index contributed by atoms with van der Waals surface area (Å²) in [6.45, 7) is 41.7. The largest absolute Gasteiger partial charge is 0.310 e. The van der Waals surface area contributed by atoms with Crippen LogP contribution in [0.4, 0.5) is 51.3 Å². The van der Waals surface area contributed by atoms with Crippen molar-refractivity contribution in [1.82, 2.24) is 4.57 Å². The molecule has 4 nitrogen and oxygen atoms in total. The molecule has 0 amide bonds. The molecule has 0 saturated heterocycles. The van der Waals surface area contributed by atoms with E-state index in [9.17, 15) is 0 Å². The van der Waals surface area contributed by atoms with Crippen LogP contribution in [-0.2, 0) is 32.5 Å². The number of anilines is 9. The van der Waals surface area contributed by atoms with Gasteiger partial charge in [0.25, 0.3) is 6.71 Å². The van der Waals surface area contributed by atoms with Gasteiger partial charge in [-0.05, 0) is 196 Å². The number of hydrogen-bond acceptors (Lipinski definition) is 4. The topological polar surface area (TPSA) is 14.7 Å². The van der Waals surface area contributed by atoms with Crippen molar-refractivity contribution in [1.29, 1.82) is 0 Å². The Hall–Kier alpha value is -8.84. The summed E-state index contributed by atoms with van der Waals surface area (Å²) in [5.41, 5.74) is 26.1. The fraction of sp³-hybridized carbons (Fsp3) is 0.273. The first kappa shape index (κ1) is 62.6. The maximum Gasteiger partial charge on any atom is 0.267 e. The average Bonchev–Trinajstić information content (AvgIpc) is 1.42. The van der Waals surface area contributed by atoms with E-state index < -0.39 is 0 Å². The van der Waals surface area contributed by atoms with Gasteiger partial charge in [-0.3, -0.25) is 9.47 Å². The minimum absolute atomic E-state index is 0.0343. The molecular weight excluding hydrogens is 1160 g/mol. The van der Waals surface area contributed by atoms with Crippen molar-refractivity contribution in [2.75, 3.05) is 14.7 Å². The van der Waals surface area contributed by atoms with Crippen LogP contribution in [0.15, 0.2) is 224 Å². The lowest BCUT2D eigenvalue weighted by molar-refractivity contribution is 0.590. The van der Waals surface area contributed by atoms with Gasteiger partial charge in [-0.15, -0.1) is 11.3 Å². The van der Waals surface area contributed by atoms with Crippen LogP contribution < -0.4 is 30.4 Å². The zero-order valence-electron chi connectivity index (χ0n) is 58.6. The smallest absolute Gasteiger partial charge is 0.267 e. The normalized spacial score (nSPS) is 13.6. The number of hydrogen-bond donors (Lipinski definition) is 0. The van der Waals surface area contributed by atoms with Crippen LogP contribution in [0.25, 0.3) is 48.9 Å². The van der Waals surface area contributed by atoms with Crippen molar-refractivity contribution in [2.45, 2.75) is 157 Å². The highest BCUT2D eigenvalue weighted by Gasteiger charge is 2.49. The minimum atomic E-state index is -0.199. The Morgan fingerprint density at radius 2 is 0.766 bits per heavy atom. The number of benzene rings is 10. The molecule has 2 aliphatic rings. The zero-order valence-corrected chi connectivity index (χ0v) is 59.5. The molecule has 4 heterocycles. The minimum Gasteiger partial charge on any atom is -0.310 e. The first-order valence-electron chi connectivity index (χ1n) is 33.9. The van der Waals surface area contributed by atoms with Gasteiger partial charge in [0.2, 0.25) is 0 Å². The predicted octanol–water partition coefficient (Wildman–Crippen LogP) is 23.5. The summed E-state index contributed by atoms with van der Waals surface area (Å²) in [5, 5.41) is 2.51. The maximum atomic E-state index is 2.68. The van der Waals surface area contributed by atoms with Gasteiger partial charge in [0.05, 0.1) is 22.6 Å². The highest BCUT2D eigenvalue weighted by molar-refractivity contribution is 7.34. The van der Waals surface area contributed by atoms with E-state index in [1.54, 1.807) is 0 Å². The van der Waals surface area contributed by atoms with Crippen molar-refractivity contribution in [2.24, 2.45) is 0 Å². The molecule has 0 bridgehead atoms. The first-order chi connectivity index (χ1) is 44.4. The fourth-order valence-electron chi connectivity index (χ4n) is 14.4. The standard InChI is InChI=1S/C88H91BN4S/c1-83(2,3)59-30-40-65(41-31-59)90(66-42-32-60(33-43-66)84(4,5)6)69-54-75-79-76(55-69)92(68-46-36-62(37-47-68)86(10,11)12)82-78(71-53-64(88(16,17)18)39-49-74(71)93(82)73-48-38-63(87(13,14)15)52-70(73)57-27-23-20-24-28-57)89(79)81-80(91(75)67-44-34-61(35-45-67)85(7,8)9)72-51-58(29-50-77(72)94-81)56-25-21-19-22-26-56/h19-55H,1-18H3. The second-order valence-corrected chi connectivity index (χ2v) is 33.9. The molecule has 2 aromatic heterocycles. The number of aromatic nitrogens is 1. The van der Waals surface area contributed by atoms with Crippen LogP contribution in [0.3, 0.4) is 0 Å². The van der Waals surface area contributed by atoms with Crippen LogP contribution in [0.5, 0.6) is 0 Å². The van der Waals surface area contributed by atoms with Gasteiger partial charge in [0.15, 0.2) is 0 Å². The van der Waals surface area contributed by atoms with Crippen molar-refractivity contribution in [3.8, 4) is 27.9 Å². The summed E-state index contributed by atoms with van der Waals surface area (Å²) >= 11 is 1.97. The van der Waals surface area contributed by atoms with Gasteiger partial charge in [0.1, 0.15) is 5.82 Å². The molecule has 10 aromatic carbocycles. The lowest BCUT2D eigenvalue weighted by atomic mass is 9.36. The monoisotopic (exact) mass is 1250 g/mol. The Kier molecular flexibility index (Phi) is 14.9. The number of rotatable bonds is 8. The molecule has 0 saturated carbocycles. The third-order valence-corrected chi connectivity index (χ3v) is 21.2.